The fourth-order valence-electron chi connectivity index (χ4n) is 1.93. The topological polar surface area (TPSA) is 48.7 Å². The Hall–Kier alpha value is -2.55. The molecule has 0 aliphatic carbocycles. The van der Waals surface area contributed by atoms with Gasteiger partial charge in [0.15, 0.2) is 0 Å². The number of hydrogen-bond donors (Lipinski definition) is 1. The molecule has 1 N–H and O–H groups in total. The summed E-state index contributed by atoms with van der Waals surface area (Å²) >= 11 is 0. The molecule has 1 aromatic heterocycles. The van der Waals surface area contributed by atoms with Crippen LogP contribution in [0.1, 0.15) is 29.8 Å². The van der Waals surface area contributed by atoms with E-state index in [9.17, 15) is 13.2 Å². The van der Waals surface area contributed by atoms with Gasteiger partial charge in [0.25, 0.3) is 0 Å². The van der Waals surface area contributed by atoms with E-state index in [1.165, 1.54) is 12.1 Å². The van der Waals surface area contributed by atoms with Crippen LogP contribution in [-0.4, -0.2) is 4.98 Å². The number of halogens is 3. The zero-order valence-electron chi connectivity index (χ0n) is 11.1. The number of nitriles is 1. The Kier molecular flexibility index (Phi) is 4.13. The van der Waals surface area contributed by atoms with E-state index in [1.54, 1.807) is 18.3 Å². The Labute approximate surface area is 120 Å². The molecule has 1 unspecified atom stereocenters. The molecule has 1 aromatic carbocycles. The van der Waals surface area contributed by atoms with Crippen molar-refractivity contribution in [1.82, 2.24) is 4.98 Å². The van der Waals surface area contributed by atoms with Crippen molar-refractivity contribution in [1.29, 1.82) is 5.26 Å². The first-order valence-electron chi connectivity index (χ1n) is 6.20. The van der Waals surface area contributed by atoms with E-state index in [0.717, 1.165) is 11.8 Å². The third kappa shape index (κ3) is 3.51. The third-order valence-corrected chi connectivity index (χ3v) is 2.96. The monoisotopic (exact) mass is 291 g/mol. The fourth-order valence-corrected chi connectivity index (χ4v) is 1.93. The van der Waals surface area contributed by atoms with Crippen LogP contribution in [0.4, 0.5) is 18.9 Å². The molecule has 0 fully saturated rings. The number of aromatic nitrogens is 1. The van der Waals surface area contributed by atoms with E-state index in [-0.39, 0.29) is 6.04 Å². The second-order valence-corrected chi connectivity index (χ2v) is 4.49. The highest BCUT2D eigenvalue weighted by Crippen LogP contribution is 2.33. The highest BCUT2D eigenvalue weighted by atomic mass is 19.4. The minimum atomic E-state index is -4.53. The molecule has 0 saturated heterocycles. The molecule has 0 amide bonds. The summed E-state index contributed by atoms with van der Waals surface area (Å²) in [7, 11) is 0. The maximum absolute atomic E-state index is 12.7. The van der Waals surface area contributed by atoms with Crippen LogP contribution in [0.2, 0.25) is 0 Å². The molecule has 0 saturated carbocycles. The van der Waals surface area contributed by atoms with Gasteiger partial charge in [0.1, 0.15) is 0 Å². The average molecular weight is 291 g/mol. The van der Waals surface area contributed by atoms with Crippen molar-refractivity contribution in [3.8, 4) is 6.07 Å². The van der Waals surface area contributed by atoms with Crippen molar-refractivity contribution in [2.75, 3.05) is 5.32 Å². The zero-order chi connectivity index (χ0) is 15.5. The highest BCUT2D eigenvalue weighted by molar-refractivity contribution is 5.54. The number of hydrogen-bond acceptors (Lipinski definition) is 3. The van der Waals surface area contributed by atoms with Gasteiger partial charge in [0.2, 0.25) is 0 Å². The fraction of sp³-hybridized carbons (Fsp3) is 0.200. The highest BCUT2D eigenvalue weighted by Gasteiger charge is 2.33. The van der Waals surface area contributed by atoms with Gasteiger partial charge < -0.3 is 5.32 Å². The standard InChI is InChI=1S/C15H12F3N3/c1-10(14-4-2-3-7-20-14)21-12-5-6-13(15(16,17)18)11(8-12)9-19/h2-8,10,21H,1H3. The molecular weight excluding hydrogens is 279 g/mol. The van der Waals surface area contributed by atoms with Crippen LogP contribution < -0.4 is 5.32 Å². The van der Waals surface area contributed by atoms with Crippen LogP contribution in [0.25, 0.3) is 0 Å². The Morgan fingerprint density at radius 1 is 1.24 bits per heavy atom. The molecule has 1 heterocycles. The van der Waals surface area contributed by atoms with Crippen molar-refractivity contribution in [3.63, 3.8) is 0 Å². The van der Waals surface area contributed by atoms with Crippen molar-refractivity contribution in [2.45, 2.75) is 19.1 Å². The maximum atomic E-state index is 12.7. The maximum Gasteiger partial charge on any atom is 0.417 e. The van der Waals surface area contributed by atoms with Gasteiger partial charge in [-0.05, 0) is 37.3 Å². The van der Waals surface area contributed by atoms with Gasteiger partial charge in [-0.2, -0.15) is 18.4 Å². The van der Waals surface area contributed by atoms with E-state index in [1.807, 2.05) is 19.1 Å². The van der Waals surface area contributed by atoms with Crippen molar-refractivity contribution in [3.05, 3.63) is 59.4 Å². The molecule has 3 nitrogen and oxygen atoms in total. The summed E-state index contributed by atoms with van der Waals surface area (Å²) in [6, 6.07) is 10.2. The quantitative estimate of drug-likeness (QED) is 0.924. The van der Waals surface area contributed by atoms with Gasteiger partial charge >= 0.3 is 6.18 Å². The predicted molar refractivity (Wildman–Crippen MR) is 72.4 cm³/mol. The molecule has 2 rings (SSSR count). The summed E-state index contributed by atoms with van der Waals surface area (Å²) < 4.78 is 38.1. The normalized spacial score (nSPS) is 12.5. The molecule has 108 valence electrons. The van der Waals surface area contributed by atoms with Gasteiger partial charge in [0, 0.05) is 11.9 Å². The SMILES string of the molecule is CC(Nc1ccc(C(F)(F)F)c(C#N)c1)c1ccccn1. The molecule has 0 radical (unpaired) electrons. The van der Waals surface area contributed by atoms with Crippen LogP contribution >= 0.6 is 0 Å². The van der Waals surface area contributed by atoms with E-state index in [2.05, 4.69) is 10.3 Å². The minimum Gasteiger partial charge on any atom is -0.377 e. The van der Waals surface area contributed by atoms with Crippen LogP contribution in [0.3, 0.4) is 0 Å². The molecule has 0 aliphatic heterocycles. The summed E-state index contributed by atoms with van der Waals surface area (Å²) in [6.45, 7) is 1.84. The van der Waals surface area contributed by atoms with E-state index in [4.69, 9.17) is 5.26 Å². The smallest absolute Gasteiger partial charge is 0.377 e. The lowest BCUT2D eigenvalue weighted by molar-refractivity contribution is -0.137. The van der Waals surface area contributed by atoms with Gasteiger partial charge in [0.05, 0.1) is 28.9 Å². The van der Waals surface area contributed by atoms with Crippen molar-refractivity contribution < 1.29 is 13.2 Å². The zero-order valence-corrected chi connectivity index (χ0v) is 11.1. The van der Waals surface area contributed by atoms with Crippen LogP contribution in [0.5, 0.6) is 0 Å². The summed E-state index contributed by atoms with van der Waals surface area (Å²) in [5.41, 5.74) is -0.129. The molecular formula is C15H12F3N3. The largest absolute Gasteiger partial charge is 0.417 e. The summed E-state index contributed by atoms with van der Waals surface area (Å²) in [5.74, 6) is 0. The number of nitrogens with one attached hydrogen (secondary N) is 1. The van der Waals surface area contributed by atoms with Crippen molar-refractivity contribution >= 4 is 5.69 Å². The first kappa shape index (κ1) is 14.9. The number of alkyl halides is 3. The third-order valence-electron chi connectivity index (χ3n) is 2.96. The van der Waals surface area contributed by atoms with E-state index >= 15 is 0 Å². The number of nitrogens with zero attached hydrogens (tertiary/aromatic N) is 2. The Morgan fingerprint density at radius 2 is 2.00 bits per heavy atom. The van der Waals surface area contributed by atoms with Gasteiger partial charge in [-0.3, -0.25) is 4.98 Å². The predicted octanol–water partition coefficient (Wildman–Crippen LogP) is 4.15. The summed E-state index contributed by atoms with van der Waals surface area (Å²) in [5, 5.41) is 11.9. The molecule has 2 aromatic rings. The molecule has 0 bridgehead atoms. The van der Waals surface area contributed by atoms with Crippen LogP contribution in [0, 0.1) is 11.3 Å². The lowest BCUT2D eigenvalue weighted by Gasteiger charge is -2.16. The lowest BCUT2D eigenvalue weighted by atomic mass is 10.1. The molecule has 0 aliphatic rings. The Morgan fingerprint density at radius 3 is 2.57 bits per heavy atom. The summed E-state index contributed by atoms with van der Waals surface area (Å²) in [6.07, 6.45) is -2.89. The Bertz CT molecular complexity index is 660. The minimum absolute atomic E-state index is 0.186. The number of anilines is 1. The first-order valence-corrected chi connectivity index (χ1v) is 6.20. The lowest BCUT2D eigenvalue weighted by Crippen LogP contribution is -2.11. The van der Waals surface area contributed by atoms with Gasteiger partial charge in [-0.25, -0.2) is 0 Å². The second kappa shape index (κ2) is 5.83. The number of rotatable bonds is 3. The molecule has 1 atom stereocenters. The van der Waals surface area contributed by atoms with Crippen LogP contribution in [-0.2, 0) is 6.18 Å². The number of pyridine rings is 1. The van der Waals surface area contributed by atoms with Crippen LogP contribution in [0.15, 0.2) is 42.6 Å². The van der Waals surface area contributed by atoms with E-state index < -0.39 is 17.3 Å². The molecule has 21 heavy (non-hydrogen) atoms. The second-order valence-electron chi connectivity index (χ2n) is 4.49. The first-order chi connectivity index (χ1) is 9.91. The van der Waals surface area contributed by atoms with E-state index in [0.29, 0.717) is 5.69 Å². The molecule has 6 heteroatoms. The van der Waals surface area contributed by atoms with Gasteiger partial charge in [-0.1, -0.05) is 6.07 Å². The Balaban J connectivity index is 2.25. The number of benzene rings is 1. The summed E-state index contributed by atoms with van der Waals surface area (Å²) in [4.78, 5) is 4.17. The molecule has 0 spiro atoms. The average Bonchev–Trinajstić information content (AvgIpc) is 2.46. The van der Waals surface area contributed by atoms with Crippen molar-refractivity contribution in [2.24, 2.45) is 0 Å². The van der Waals surface area contributed by atoms with Gasteiger partial charge in [-0.15, -0.1) is 0 Å².